The number of nitrogens with one attached hydrogen (secondary N) is 1. The van der Waals surface area contributed by atoms with Gasteiger partial charge in [-0.2, -0.15) is 0 Å². The molecule has 118 valence electrons. The zero-order chi connectivity index (χ0) is 16.0. The zero-order valence-corrected chi connectivity index (χ0v) is 13.1. The Morgan fingerprint density at radius 1 is 1.43 bits per heavy atom. The van der Waals surface area contributed by atoms with Gasteiger partial charge in [0.05, 0.1) is 11.9 Å². The van der Waals surface area contributed by atoms with Crippen molar-refractivity contribution < 1.29 is 9.90 Å². The van der Waals surface area contributed by atoms with Crippen molar-refractivity contribution in [2.75, 3.05) is 18.6 Å². The zero-order valence-electron chi connectivity index (χ0n) is 13.1. The summed E-state index contributed by atoms with van der Waals surface area (Å²) in [4.78, 5) is 22.9. The van der Waals surface area contributed by atoms with Crippen LogP contribution >= 0.6 is 0 Å². The van der Waals surface area contributed by atoms with E-state index in [2.05, 4.69) is 15.4 Å². The first-order valence-corrected chi connectivity index (χ1v) is 7.17. The number of carbonyl (C=O) groups excluding carboxylic acids is 1. The number of nitrogens with zero attached hydrogens (tertiary/aromatic N) is 3. The van der Waals surface area contributed by atoms with Gasteiger partial charge in [-0.15, -0.1) is 0 Å². The molecule has 0 aliphatic rings. The maximum Gasteiger partial charge on any atom is 0.275 e. The van der Waals surface area contributed by atoms with Crippen LogP contribution in [0.5, 0.6) is 0 Å². The molecule has 4 N–H and O–H groups in total. The van der Waals surface area contributed by atoms with Gasteiger partial charge in [0.1, 0.15) is 5.82 Å². The summed E-state index contributed by atoms with van der Waals surface area (Å²) in [7, 11) is 0. The topological polar surface area (TPSA) is 104 Å². The van der Waals surface area contributed by atoms with Crippen molar-refractivity contribution in [1.29, 1.82) is 0 Å². The molecule has 0 fully saturated rings. The number of nitrogen functional groups attached to an aromatic ring is 1. The number of aliphatic hydroxyl groups excluding tert-OH is 1. The molecular formula is C14H25N5O2. The van der Waals surface area contributed by atoms with Crippen molar-refractivity contribution in [2.24, 2.45) is 5.84 Å². The van der Waals surface area contributed by atoms with Crippen molar-refractivity contribution in [1.82, 2.24) is 14.9 Å². The number of aliphatic hydroxyl groups is 1. The molecule has 0 radical (unpaired) electrons. The highest BCUT2D eigenvalue weighted by atomic mass is 16.3. The number of carbonyl (C=O) groups is 1. The van der Waals surface area contributed by atoms with E-state index in [0.717, 1.165) is 0 Å². The lowest BCUT2D eigenvalue weighted by molar-refractivity contribution is 0.0687. The minimum Gasteiger partial charge on any atom is -0.396 e. The molecule has 1 aromatic heterocycles. The fraction of sp³-hybridized carbons (Fsp3) is 0.643. The fourth-order valence-corrected chi connectivity index (χ4v) is 1.91. The second-order valence-electron chi connectivity index (χ2n) is 5.46. The van der Waals surface area contributed by atoms with E-state index in [1.165, 1.54) is 6.20 Å². The molecule has 1 rings (SSSR count). The number of aromatic nitrogens is 2. The third-order valence-corrected chi connectivity index (χ3v) is 3.12. The monoisotopic (exact) mass is 295 g/mol. The minimum absolute atomic E-state index is 0.00661. The van der Waals surface area contributed by atoms with E-state index >= 15 is 0 Å². The first kappa shape index (κ1) is 17.3. The molecule has 0 aromatic carbocycles. The normalized spacial score (nSPS) is 11.0. The minimum atomic E-state index is -0.212. The maximum absolute atomic E-state index is 12.7. The van der Waals surface area contributed by atoms with Crippen LogP contribution in [0.25, 0.3) is 0 Å². The van der Waals surface area contributed by atoms with Crippen LogP contribution in [0.3, 0.4) is 0 Å². The third kappa shape index (κ3) is 4.37. The van der Waals surface area contributed by atoms with Crippen molar-refractivity contribution in [3.05, 3.63) is 17.7 Å². The van der Waals surface area contributed by atoms with Crippen molar-refractivity contribution in [2.45, 2.75) is 46.1 Å². The predicted molar refractivity (Wildman–Crippen MR) is 81.8 cm³/mol. The Morgan fingerprint density at radius 3 is 2.57 bits per heavy atom. The number of rotatable bonds is 7. The number of nitrogens with two attached hydrogens (primary N) is 1. The van der Waals surface area contributed by atoms with E-state index in [9.17, 15) is 4.79 Å². The van der Waals surface area contributed by atoms with E-state index in [0.29, 0.717) is 24.5 Å². The highest BCUT2D eigenvalue weighted by Gasteiger charge is 2.23. The average molecular weight is 295 g/mol. The van der Waals surface area contributed by atoms with Crippen LogP contribution < -0.4 is 11.3 Å². The average Bonchev–Trinajstić information content (AvgIpc) is 2.46. The molecule has 0 spiro atoms. The molecule has 0 unspecified atom stereocenters. The molecule has 0 aliphatic heterocycles. The van der Waals surface area contributed by atoms with Crippen molar-refractivity contribution in [3.8, 4) is 0 Å². The molecule has 1 amide bonds. The lowest BCUT2D eigenvalue weighted by atomic mass is 10.2. The molecule has 0 saturated carbocycles. The highest BCUT2D eigenvalue weighted by Crippen LogP contribution is 2.18. The molecule has 0 bridgehead atoms. The van der Waals surface area contributed by atoms with Gasteiger partial charge in [-0.1, -0.05) is 13.8 Å². The van der Waals surface area contributed by atoms with E-state index in [1.807, 2.05) is 27.7 Å². The number of hydrogen-bond donors (Lipinski definition) is 3. The van der Waals surface area contributed by atoms with Gasteiger partial charge in [-0.3, -0.25) is 10.6 Å². The quantitative estimate of drug-likeness (QED) is 0.514. The second-order valence-corrected chi connectivity index (χ2v) is 5.46. The molecule has 7 heteroatoms. The molecule has 1 heterocycles. The predicted octanol–water partition coefficient (Wildman–Crippen LogP) is 1.12. The molecule has 21 heavy (non-hydrogen) atoms. The van der Waals surface area contributed by atoms with Crippen LogP contribution in [0.2, 0.25) is 0 Å². The first-order chi connectivity index (χ1) is 9.92. The van der Waals surface area contributed by atoms with Crippen LogP contribution in [0, 0.1) is 0 Å². The Hall–Kier alpha value is -1.73. The Balaban J connectivity index is 3.15. The van der Waals surface area contributed by atoms with Crippen LogP contribution in [0.1, 0.15) is 56.3 Å². The lowest BCUT2D eigenvalue weighted by Gasteiger charge is -2.27. The molecule has 7 nitrogen and oxygen atoms in total. The summed E-state index contributed by atoms with van der Waals surface area (Å²) in [5.74, 6) is 5.96. The molecule has 0 saturated heterocycles. The summed E-state index contributed by atoms with van der Waals surface area (Å²) in [6.45, 7) is 8.29. The standard InChI is InChI=1S/C14H25N5O2/c1-9(2)13-16-8-11(18-15)12(17-13)14(21)19(10(3)4)6-5-7-20/h8-10,18,20H,5-7,15H2,1-4H3. The highest BCUT2D eigenvalue weighted by molar-refractivity contribution is 5.97. The van der Waals surface area contributed by atoms with E-state index in [-0.39, 0.29) is 30.2 Å². The van der Waals surface area contributed by atoms with Crippen molar-refractivity contribution in [3.63, 3.8) is 0 Å². The number of hydrazine groups is 1. The van der Waals surface area contributed by atoms with Gasteiger partial charge < -0.3 is 15.4 Å². The third-order valence-electron chi connectivity index (χ3n) is 3.12. The summed E-state index contributed by atoms with van der Waals surface area (Å²) in [6, 6.07) is 0.00661. The number of anilines is 1. The largest absolute Gasteiger partial charge is 0.396 e. The van der Waals surface area contributed by atoms with Crippen molar-refractivity contribution >= 4 is 11.6 Å². The Kier molecular flexibility index (Phi) is 6.51. The summed E-state index contributed by atoms with van der Waals surface area (Å²) in [6.07, 6.45) is 2.05. The molecule has 0 aliphatic carbocycles. The molecule has 0 atom stereocenters. The first-order valence-electron chi connectivity index (χ1n) is 7.17. The maximum atomic E-state index is 12.7. The van der Waals surface area contributed by atoms with Gasteiger partial charge in [0.15, 0.2) is 5.69 Å². The fourth-order valence-electron chi connectivity index (χ4n) is 1.91. The van der Waals surface area contributed by atoms with E-state index < -0.39 is 0 Å². The summed E-state index contributed by atoms with van der Waals surface area (Å²) >= 11 is 0. The van der Waals surface area contributed by atoms with Gasteiger partial charge in [-0.25, -0.2) is 9.97 Å². The lowest BCUT2D eigenvalue weighted by Crippen LogP contribution is -2.39. The SMILES string of the molecule is CC(C)c1ncc(NN)c(C(=O)N(CCCO)C(C)C)n1. The van der Waals surface area contributed by atoms with Gasteiger partial charge in [-0.05, 0) is 20.3 Å². The van der Waals surface area contributed by atoms with Crippen LogP contribution in [0.4, 0.5) is 5.69 Å². The summed E-state index contributed by atoms with van der Waals surface area (Å²) < 4.78 is 0. The summed E-state index contributed by atoms with van der Waals surface area (Å²) in [5.41, 5.74) is 3.14. The molecule has 1 aromatic rings. The number of amides is 1. The molecular weight excluding hydrogens is 270 g/mol. The van der Waals surface area contributed by atoms with Crippen LogP contribution in [-0.2, 0) is 0 Å². The smallest absolute Gasteiger partial charge is 0.275 e. The van der Waals surface area contributed by atoms with E-state index in [4.69, 9.17) is 10.9 Å². The van der Waals surface area contributed by atoms with E-state index in [1.54, 1.807) is 4.90 Å². The Bertz CT molecular complexity index is 476. The van der Waals surface area contributed by atoms with Gasteiger partial charge in [0, 0.05) is 25.1 Å². The van der Waals surface area contributed by atoms with Crippen LogP contribution in [0.15, 0.2) is 6.20 Å². The van der Waals surface area contributed by atoms with Crippen LogP contribution in [-0.4, -0.2) is 45.1 Å². The Labute approximate surface area is 125 Å². The van der Waals surface area contributed by atoms with Gasteiger partial charge >= 0.3 is 0 Å². The summed E-state index contributed by atoms with van der Waals surface area (Å²) in [5, 5.41) is 8.97. The number of hydrogen-bond acceptors (Lipinski definition) is 6. The van der Waals surface area contributed by atoms with Gasteiger partial charge in [0.25, 0.3) is 5.91 Å². The Morgan fingerprint density at radius 2 is 2.10 bits per heavy atom. The second kappa shape index (κ2) is 7.90. The van der Waals surface area contributed by atoms with Gasteiger partial charge in [0.2, 0.25) is 0 Å².